The molecule has 14 heteroatoms. The molecule has 6 N–H and O–H groups in total. The van der Waals surface area contributed by atoms with Gasteiger partial charge in [0.2, 0.25) is 0 Å². The van der Waals surface area contributed by atoms with E-state index in [9.17, 15) is 0 Å². The molecule has 0 spiro atoms. The first-order chi connectivity index (χ1) is 11.0. The summed E-state index contributed by atoms with van der Waals surface area (Å²) in [6, 6.07) is 0. The molecule has 0 aliphatic carbocycles. The Labute approximate surface area is 178 Å². The van der Waals surface area contributed by atoms with Gasteiger partial charge in [-0.1, -0.05) is 0 Å². The van der Waals surface area contributed by atoms with Crippen LogP contribution < -0.4 is 0 Å². The van der Waals surface area contributed by atoms with Crippen molar-refractivity contribution >= 4 is 40.7 Å². The third-order valence-corrected chi connectivity index (χ3v) is 0.812. The van der Waals surface area contributed by atoms with Crippen molar-refractivity contribution in [1.29, 1.82) is 0 Å². The molecular weight excluding hydrogens is 701 g/mol. The zero-order chi connectivity index (χ0) is 19.1. The van der Waals surface area contributed by atoms with Crippen molar-refractivity contribution in [2.75, 3.05) is 0 Å². The van der Waals surface area contributed by atoms with Crippen LogP contribution in [0.1, 0.15) is 0 Å². The largest absolute Gasteiger partial charge is 0.545 e. The van der Waals surface area contributed by atoms with Gasteiger partial charge in [-0.15, -0.1) is 0 Å². The van der Waals surface area contributed by atoms with Crippen LogP contribution in [0.5, 0.6) is 0 Å². The predicted molar refractivity (Wildman–Crippen MR) is 84.9 cm³/mol. The van der Waals surface area contributed by atoms with Gasteiger partial charge in [-0.3, -0.25) is 40.7 Å². The number of carbonyl (C=O) groups excluding carboxylic acids is 6. The van der Waals surface area contributed by atoms with Crippen molar-refractivity contribution in [3.63, 3.8) is 0 Å². The second-order valence-electron chi connectivity index (χ2n) is 1.52. The van der Waals surface area contributed by atoms with Gasteiger partial charge >= 0.3 is 0 Å². The molecule has 2 heterocycles. The summed E-state index contributed by atoms with van der Waals surface area (Å²) >= 11 is 0. The standard InChI is InChI=1S/2C3H4N2.6CHO.2H2O.2Re/c2*1-2-5-3-4-1;6*1-2;;;;/h2*1-3H,(H,4,5);6*1H;2*1H2;;/q;;6*-1;;;;. The molecule has 2 aromatic heterocycles. The summed E-state index contributed by atoms with van der Waals surface area (Å²) in [6.07, 6.45) is 10.2. The predicted octanol–water partition coefficient (Wildman–Crippen LogP) is -2.48. The number of imidazole rings is 2. The Morgan fingerprint density at radius 1 is 0.500 bits per heavy atom. The summed E-state index contributed by atoms with van der Waals surface area (Å²) in [5.74, 6) is 0. The van der Waals surface area contributed by atoms with Crippen molar-refractivity contribution in [3.8, 4) is 0 Å². The number of rotatable bonds is 0. The van der Waals surface area contributed by atoms with E-state index < -0.39 is 0 Å². The van der Waals surface area contributed by atoms with Crippen LogP contribution in [0.15, 0.2) is 37.4 Å². The summed E-state index contributed by atoms with van der Waals surface area (Å²) in [7, 11) is 0. The number of hydrogen-bond acceptors (Lipinski definition) is 8. The first-order valence-corrected chi connectivity index (χ1v) is 4.27. The van der Waals surface area contributed by atoms with Crippen LogP contribution in [0.2, 0.25) is 0 Å². The van der Waals surface area contributed by atoms with Gasteiger partial charge in [0.1, 0.15) is 0 Å². The van der Waals surface area contributed by atoms with Gasteiger partial charge in [0.25, 0.3) is 0 Å². The first kappa shape index (κ1) is 65.1. The summed E-state index contributed by atoms with van der Waals surface area (Å²) in [6.45, 7) is 19.5. The quantitative estimate of drug-likeness (QED) is 0.219. The Balaban J connectivity index is -0.0000000145. The molecule has 0 aliphatic heterocycles. The van der Waals surface area contributed by atoms with Gasteiger partial charge in [-0.2, -0.15) is 0 Å². The Kier molecular flexibility index (Phi) is 452. The van der Waals surface area contributed by atoms with E-state index in [0.29, 0.717) is 0 Å². The van der Waals surface area contributed by atoms with E-state index in [1.165, 1.54) is 0 Å². The number of aromatic nitrogens is 4. The zero-order valence-electron chi connectivity index (χ0n) is 13.0. The first-order valence-electron chi connectivity index (χ1n) is 4.27. The molecule has 0 saturated heterocycles. The molecule has 0 amide bonds. The fourth-order valence-electron chi connectivity index (χ4n) is 0.430. The molecule has 0 bridgehead atoms. The fourth-order valence-corrected chi connectivity index (χ4v) is 0.430. The van der Waals surface area contributed by atoms with Gasteiger partial charge in [-0.05, 0) is 0 Å². The fraction of sp³-hybridized carbons (Fsp3) is 0. The van der Waals surface area contributed by atoms with Crippen LogP contribution in [0.3, 0.4) is 0 Å². The third kappa shape index (κ3) is 157. The minimum atomic E-state index is 0. The number of hydrogen-bond donors (Lipinski definition) is 2. The molecule has 2 aromatic rings. The third-order valence-electron chi connectivity index (χ3n) is 0.812. The molecule has 0 aromatic carbocycles. The van der Waals surface area contributed by atoms with E-state index in [-0.39, 0.29) is 51.8 Å². The average molecular weight is 719 g/mol. The second-order valence-corrected chi connectivity index (χ2v) is 1.52. The molecule has 2 rings (SSSR count). The van der Waals surface area contributed by atoms with Crippen molar-refractivity contribution in [2.24, 2.45) is 0 Å². The second kappa shape index (κ2) is 181. The molecule has 0 fully saturated rings. The molecule has 26 heavy (non-hydrogen) atoms. The monoisotopic (exact) mass is 720 g/mol. The Morgan fingerprint density at radius 3 is 0.731 bits per heavy atom. The molecule has 154 valence electrons. The number of aromatic amines is 2. The van der Waals surface area contributed by atoms with Crippen molar-refractivity contribution in [2.45, 2.75) is 0 Å². The molecule has 12 nitrogen and oxygen atoms in total. The zero-order valence-corrected chi connectivity index (χ0v) is 18.5. The molecule has 2 radical (unpaired) electrons. The maximum Gasteiger partial charge on any atom is 0.0919 e. The molecule has 0 atom stereocenters. The summed E-state index contributed by atoms with van der Waals surface area (Å²) in [5, 5.41) is 0. The minimum absolute atomic E-state index is 0. The number of H-pyrrole nitrogens is 2. The van der Waals surface area contributed by atoms with Crippen molar-refractivity contribution in [1.82, 2.24) is 19.9 Å². The minimum Gasteiger partial charge on any atom is -0.545 e. The molecule has 0 unspecified atom stereocenters. The smallest absolute Gasteiger partial charge is 0.0919 e. The molecule has 0 aliphatic rings. The van der Waals surface area contributed by atoms with Gasteiger partial charge in [0.15, 0.2) is 0 Å². The van der Waals surface area contributed by atoms with Gasteiger partial charge in [-0.25, -0.2) is 9.97 Å². The topological polar surface area (TPSA) is 223 Å². The summed E-state index contributed by atoms with van der Waals surface area (Å²) in [4.78, 5) is 59.3. The summed E-state index contributed by atoms with van der Waals surface area (Å²) in [5.41, 5.74) is 0. The van der Waals surface area contributed by atoms with Crippen LogP contribution in [0, 0.1) is 0 Å². The molecular formula is C12H18N4O8Re2-6. The van der Waals surface area contributed by atoms with Crippen molar-refractivity contribution in [3.05, 3.63) is 37.4 Å². The molecule has 0 saturated carbocycles. The SMILES string of the molecule is O.O.[CH-]=O.[CH-]=O.[CH-]=O.[CH-]=O.[CH-]=O.[CH-]=O.[Re].[Re].c1c[nH]cn1.c1c[nH]cn1. The van der Waals surface area contributed by atoms with Crippen LogP contribution in [0.25, 0.3) is 0 Å². The number of nitrogens with zero attached hydrogens (tertiary/aromatic N) is 2. The van der Waals surface area contributed by atoms with E-state index in [2.05, 4.69) is 60.7 Å². The van der Waals surface area contributed by atoms with E-state index in [1.54, 1.807) is 37.4 Å². The van der Waals surface area contributed by atoms with E-state index in [1.807, 2.05) is 0 Å². The summed E-state index contributed by atoms with van der Waals surface area (Å²) < 4.78 is 0. The van der Waals surface area contributed by atoms with E-state index in [0.717, 1.165) is 0 Å². The number of nitrogens with one attached hydrogen (secondary N) is 2. The van der Waals surface area contributed by atoms with E-state index in [4.69, 9.17) is 28.8 Å². The Hall–Kier alpha value is -2.32. The average Bonchev–Trinajstić information content (AvgIpc) is 3.43. The maximum atomic E-state index is 7.75. The van der Waals surface area contributed by atoms with Crippen LogP contribution in [-0.4, -0.2) is 71.6 Å². The van der Waals surface area contributed by atoms with Gasteiger partial charge in [0.05, 0.1) is 12.7 Å². The normalized spacial score (nSPS) is 4.00. The Bertz CT molecular complexity index is 245. The van der Waals surface area contributed by atoms with Crippen LogP contribution in [0.4, 0.5) is 0 Å². The van der Waals surface area contributed by atoms with Gasteiger partial charge in [0, 0.05) is 65.6 Å². The van der Waals surface area contributed by atoms with Crippen molar-refractivity contribution < 1.29 is 80.6 Å². The van der Waals surface area contributed by atoms with Gasteiger partial charge < -0.3 is 49.7 Å². The van der Waals surface area contributed by atoms with E-state index >= 15 is 0 Å². The van der Waals surface area contributed by atoms with Crippen LogP contribution >= 0.6 is 0 Å². The maximum absolute atomic E-state index is 7.75. The Morgan fingerprint density at radius 2 is 0.692 bits per heavy atom. The van der Waals surface area contributed by atoms with Crippen LogP contribution in [-0.2, 0) is 69.6 Å².